The van der Waals surface area contributed by atoms with Gasteiger partial charge in [0.2, 0.25) is 0 Å². The van der Waals surface area contributed by atoms with Gasteiger partial charge in [-0.1, -0.05) is 19.9 Å². The fourth-order valence-electron chi connectivity index (χ4n) is 1.70. The van der Waals surface area contributed by atoms with E-state index in [1.165, 1.54) is 0 Å². The molecule has 0 saturated carbocycles. The van der Waals surface area contributed by atoms with Crippen molar-refractivity contribution in [1.29, 1.82) is 0 Å². The zero-order valence-corrected chi connectivity index (χ0v) is 12.2. The van der Waals surface area contributed by atoms with E-state index in [9.17, 15) is 9.59 Å². The molecule has 1 aliphatic rings. The van der Waals surface area contributed by atoms with Gasteiger partial charge in [-0.05, 0) is 41.5 Å². The van der Waals surface area contributed by atoms with E-state index in [0.717, 1.165) is 29.6 Å². The molecule has 0 aromatic heterocycles. The lowest BCUT2D eigenvalue weighted by atomic mass is 10.1. The van der Waals surface area contributed by atoms with Crippen LogP contribution in [0.1, 0.15) is 19.4 Å². The largest absolute Gasteiger partial charge is 0.397 e. The second-order valence-corrected chi connectivity index (χ2v) is 5.99. The highest BCUT2D eigenvalue weighted by Crippen LogP contribution is 2.28. The van der Waals surface area contributed by atoms with E-state index in [1.807, 2.05) is 12.1 Å². The molecule has 2 rings (SSSR count). The fraction of sp³-hybridized carbons (Fsp3) is 0.286. The summed E-state index contributed by atoms with van der Waals surface area (Å²) in [4.78, 5) is 23.0. The van der Waals surface area contributed by atoms with Crippen molar-refractivity contribution in [3.05, 3.63) is 28.7 Å². The van der Waals surface area contributed by atoms with E-state index in [-0.39, 0.29) is 11.1 Å². The van der Waals surface area contributed by atoms with Gasteiger partial charge in [-0.15, -0.1) is 0 Å². The van der Waals surface area contributed by atoms with Crippen molar-refractivity contribution >= 4 is 40.4 Å². The molecule has 0 atom stereocenters. The molecule has 0 unspecified atom stereocenters. The zero-order valence-electron chi connectivity index (χ0n) is 11.4. The Bertz CT molecular complexity index is 582. The number of nitrogens with one attached hydrogen (secondary N) is 2. The van der Waals surface area contributed by atoms with Crippen LogP contribution in [0.2, 0.25) is 0 Å². The second-order valence-electron chi connectivity index (χ2n) is 4.97. The predicted molar refractivity (Wildman–Crippen MR) is 83.3 cm³/mol. The van der Waals surface area contributed by atoms with E-state index in [0.29, 0.717) is 16.5 Å². The number of nitrogen functional groups attached to an aromatic ring is 1. The quantitative estimate of drug-likeness (QED) is 0.586. The Hall–Kier alpha value is -1.95. The van der Waals surface area contributed by atoms with E-state index in [2.05, 4.69) is 24.5 Å². The number of amides is 2. The Morgan fingerprint density at radius 1 is 1.40 bits per heavy atom. The first-order valence-corrected chi connectivity index (χ1v) is 7.15. The number of carbonyl (C=O) groups is 2. The number of hydrogen-bond donors (Lipinski definition) is 3. The van der Waals surface area contributed by atoms with Crippen molar-refractivity contribution in [3.8, 4) is 0 Å². The van der Waals surface area contributed by atoms with E-state index in [1.54, 1.807) is 12.1 Å². The summed E-state index contributed by atoms with van der Waals surface area (Å²) in [6, 6.07) is 5.48. The van der Waals surface area contributed by atoms with Crippen molar-refractivity contribution in [2.75, 3.05) is 17.6 Å². The third kappa shape index (κ3) is 3.54. The summed E-state index contributed by atoms with van der Waals surface area (Å²) < 4.78 is 0. The number of nitrogens with two attached hydrogens (primary N) is 1. The molecule has 106 valence electrons. The van der Waals surface area contributed by atoms with Crippen molar-refractivity contribution in [2.24, 2.45) is 5.92 Å². The smallest absolute Gasteiger partial charge is 0.290 e. The minimum atomic E-state index is -0.353. The molecule has 6 heteroatoms. The molecule has 1 heterocycles. The van der Waals surface area contributed by atoms with Gasteiger partial charge in [-0.25, -0.2) is 0 Å². The molecular weight excluding hydrogens is 274 g/mol. The van der Waals surface area contributed by atoms with E-state index < -0.39 is 0 Å². The summed E-state index contributed by atoms with van der Waals surface area (Å²) in [6.07, 6.45) is 1.69. The van der Waals surface area contributed by atoms with Gasteiger partial charge in [0.1, 0.15) is 0 Å². The number of anilines is 2. The summed E-state index contributed by atoms with van der Waals surface area (Å²) in [5.74, 6) is 0.152. The van der Waals surface area contributed by atoms with Crippen molar-refractivity contribution in [3.63, 3.8) is 0 Å². The van der Waals surface area contributed by atoms with Gasteiger partial charge < -0.3 is 11.1 Å². The van der Waals surface area contributed by atoms with Gasteiger partial charge in [0.05, 0.1) is 16.3 Å². The Kier molecular flexibility index (Phi) is 4.34. The number of carbonyl (C=O) groups excluding carboxylic acids is 2. The van der Waals surface area contributed by atoms with Crippen LogP contribution in [0.4, 0.5) is 16.2 Å². The molecule has 20 heavy (non-hydrogen) atoms. The summed E-state index contributed by atoms with van der Waals surface area (Å²) in [7, 11) is 0. The first-order chi connectivity index (χ1) is 9.45. The minimum absolute atomic E-state index is 0.338. The standard InChI is InChI=1S/C14H17N3O2S/c1-8(2)7-16-11-5-9(3-4-10(11)15)6-12-13(18)17-14(19)20-12/h3-6,8,16H,7,15H2,1-2H3,(H,17,18,19). The van der Waals surface area contributed by atoms with Crippen LogP contribution in [0.25, 0.3) is 6.08 Å². The Morgan fingerprint density at radius 3 is 2.75 bits per heavy atom. The molecule has 2 amide bonds. The number of thioether (sulfide) groups is 1. The van der Waals surface area contributed by atoms with Crippen LogP contribution in [-0.4, -0.2) is 17.7 Å². The van der Waals surface area contributed by atoms with Gasteiger partial charge in [0.25, 0.3) is 11.1 Å². The molecule has 1 aliphatic heterocycles. The van der Waals surface area contributed by atoms with Gasteiger partial charge in [-0.2, -0.15) is 0 Å². The highest BCUT2D eigenvalue weighted by atomic mass is 32.2. The molecule has 4 N–H and O–H groups in total. The Balaban J connectivity index is 2.21. The van der Waals surface area contributed by atoms with Crippen molar-refractivity contribution in [1.82, 2.24) is 5.32 Å². The molecule has 1 aromatic carbocycles. The Morgan fingerprint density at radius 2 is 2.15 bits per heavy atom. The van der Waals surface area contributed by atoms with Crippen LogP contribution in [0.15, 0.2) is 23.1 Å². The minimum Gasteiger partial charge on any atom is -0.397 e. The molecule has 1 saturated heterocycles. The summed E-state index contributed by atoms with van der Waals surface area (Å²) in [6.45, 7) is 5.04. The van der Waals surface area contributed by atoms with Crippen molar-refractivity contribution in [2.45, 2.75) is 13.8 Å². The average molecular weight is 291 g/mol. The molecule has 0 aliphatic carbocycles. The lowest BCUT2D eigenvalue weighted by molar-refractivity contribution is -0.115. The zero-order chi connectivity index (χ0) is 14.7. The topological polar surface area (TPSA) is 84.2 Å². The van der Waals surface area contributed by atoms with Gasteiger partial charge in [-0.3, -0.25) is 14.9 Å². The van der Waals surface area contributed by atoms with Crippen LogP contribution < -0.4 is 16.4 Å². The maximum Gasteiger partial charge on any atom is 0.290 e. The number of benzene rings is 1. The molecular formula is C14H17N3O2S. The molecule has 1 aromatic rings. The number of imide groups is 1. The molecule has 0 bridgehead atoms. The second kappa shape index (κ2) is 6.00. The number of hydrogen-bond acceptors (Lipinski definition) is 5. The van der Waals surface area contributed by atoms with Crippen LogP contribution >= 0.6 is 11.8 Å². The SMILES string of the molecule is CC(C)CNc1cc(C=C2SC(=O)NC2=O)ccc1N. The molecule has 1 fully saturated rings. The average Bonchev–Trinajstić information content (AvgIpc) is 2.68. The lowest BCUT2D eigenvalue weighted by Crippen LogP contribution is -2.17. The van der Waals surface area contributed by atoms with Crippen LogP contribution in [0, 0.1) is 5.92 Å². The Labute approximate surface area is 122 Å². The first-order valence-electron chi connectivity index (χ1n) is 6.34. The van der Waals surface area contributed by atoms with Crippen LogP contribution in [0.5, 0.6) is 0 Å². The predicted octanol–water partition coefficient (Wildman–Crippen LogP) is 2.66. The van der Waals surface area contributed by atoms with Gasteiger partial charge in [0, 0.05) is 6.54 Å². The molecule has 5 nitrogen and oxygen atoms in total. The maximum atomic E-state index is 11.5. The normalized spacial score (nSPS) is 16.9. The van der Waals surface area contributed by atoms with Gasteiger partial charge >= 0.3 is 0 Å². The number of rotatable bonds is 4. The maximum absolute atomic E-state index is 11.5. The van der Waals surface area contributed by atoms with Crippen molar-refractivity contribution < 1.29 is 9.59 Å². The summed E-state index contributed by atoms with van der Waals surface area (Å²) >= 11 is 0.907. The molecule has 0 radical (unpaired) electrons. The van der Waals surface area contributed by atoms with Gasteiger partial charge in [0.15, 0.2) is 0 Å². The first kappa shape index (κ1) is 14.5. The monoisotopic (exact) mass is 291 g/mol. The lowest BCUT2D eigenvalue weighted by Gasteiger charge is -2.12. The van der Waals surface area contributed by atoms with Crippen LogP contribution in [-0.2, 0) is 4.79 Å². The van der Waals surface area contributed by atoms with Crippen LogP contribution in [0.3, 0.4) is 0 Å². The highest BCUT2D eigenvalue weighted by Gasteiger charge is 2.24. The fourth-order valence-corrected chi connectivity index (χ4v) is 2.39. The third-order valence-electron chi connectivity index (χ3n) is 2.72. The molecule has 0 spiro atoms. The third-order valence-corrected chi connectivity index (χ3v) is 3.53. The summed E-state index contributed by atoms with van der Waals surface area (Å²) in [5, 5.41) is 5.16. The van der Waals surface area contributed by atoms with E-state index >= 15 is 0 Å². The highest BCUT2D eigenvalue weighted by molar-refractivity contribution is 8.18. The van der Waals surface area contributed by atoms with E-state index in [4.69, 9.17) is 5.73 Å². The summed E-state index contributed by atoms with van der Waals surface area (Å²) in [5.41, 5.74) is 8.24.